The molecule has 0 saturated heterocycles. The summed E-state index contributed by atoms with van der Waals surface area (Å²) in [4.78, 5) is 2.37. The Balaban J connectivity index is 2.63. The van der Waals surface area contributed by atoms with Gasteiger partial charge in [0, 0.05) is 18.6 Å². The summed E-state index contributed by atoms with van der Waals surface area (Å²) in [5.41, 5.74) is 7.30. The first-order valence-electron chi connectivity index (χ1n) is 6.53. The summed E-state index contributed by atoms with van der Waals surface area (Å²) >= 11 is 0. The van der Waals surface area contributed by atoms with Crippen LogP contribution >= 0.6 is 0 Å². The van der Waals surface area contributed by atoms with Crippen LogP contribution in [-0.2, 0) is 0 Å². The Morgan fingerprint density at radius 1 is 1.12 bits per heavy atom. The van der Waals surface area contributed by atoms with Crippen LogP contribution in [0.15, 0.2) is 30.3 Å². The summed E-state index contributed by atoms with van der Waals surface area (Å²) in [5, 5.41) is 0. The van der Waals surface area contributed by atoms with Gasteiger partial charge in [0.1, 0.15) is 0 Å². The van der Waals surface area contributed by atoms with Crippen LogP contribution in [0.2, 0.25) is 0 Å². The predicted octanol–water partition coefficient (Wildman–Crippen LogP) is 2.85. The number of likely N-dealkylation sites (N-methyl/N-ethyl adjacent to an activating group) is 1. The summed E-state index contributed by atoms with van der Waals surface area (Å²) in [6.45, 7) is 7.45. The molecule has 0 aliphatic heterocycles. The average Bonchev–Trinajstić information content (AvgIpc) is 2.35. The third-order valence-corrected chi connectivity index (χ3v) is 3.66. The topological polar surface area (TPSA) is 29.3 Å². The minimum Gasteiger partial charge on any atom is -0.329 e. The highest BCUT2D eigenvalue weighted by molar-refractivity contribution is 5.18. The van der Waals surface area contributed by atoms with Crippen molar-refractivity contribution in [1.82, 2.24) is 4.90 Å². The molecule has 0 radical (unpaired) electrons. The molecule has 0 saturated carbocycles. The van der Waals surface area contributed by atoms with Gasteiger partial charge in [0.25, 0.3) is 0 Å². The van der Waals surface area contributed by atoms with Gasteiger partial charge in [-0.15, -0.1) is 0 Å². The molecular weight excluding hydrogens is 208 g/mol. The second kappa shape index (κ2) is 6.77. The molecule has 1 aromatic carbocycles. The molecule has 0 aliphatic carbocycles. The molecule has 17 heavy (non-hydrogen) atoms. The van der Waals surface area contributed by atoms with Crippen molar-refractivity contribution in [3.8, 4) is 0 Å². The fourth-order valence-corrected chi connectivity index (χ4v) is 2.18. The SMILES string of the molecule is CC(CC(CN)N(C)C(C)C)c1ccccc1. The van der Waals surface area contributed by atoms with Gasteiger partial charge in [-0.05, 0) is 38.8 Å². The molecular formula is C15H26N2. The molecule has 96 valence electrons. The Kier molecular flexibility index (Phi) is 5.66. The lowest BCUT2D eigenvalue weighted by molar-refractivity contribution is 0.184. The first-order chi connectivity index (χ1) is 8.06. The van der Waals surface area contributed by atoms with Gasteiger partial charge in [-0.1, -0.05) is 37.3 Å². The summed E-state index contributed by atoms with van der Waals surface area (Å²) < 4.78 is 0. The molecule has 0 fully saturated rings. The molecule has 1 rings (SSSR count). The second-order valence-electron chi connectivity index (χ2n) is 5.20. The van der Waals surface area contributed by atoms with Crippen molar-refractivity contribution in [2.75, 3.05) is 13.6 Å². The molecule has 0 amide bonds. The third kappa shape index (κ3) is 4.14. The van der Waals surface area contributed by atoms with E-state index in [4.69, 9.17) is 5.73 Å². The minimum absolute atomic E-state index is 0.463. The maximum atomic E-state index is 5.90. The molecule has 2 N–H and O–H groups in total. The molecule has 0 aromatic heterocycles. The lowest BCUT2D eigenvalue weighted by Gasteiger charge is -2.32. The van der Waals surface area contributed by atoms with Crippen molar-refractivity contribution in [3.05, 3.63) is 35.9 Å². The van der Waals surface area contributed by atoms with E-state index in [1.54, 1.807) is 0 Å². The smallest absolute Gasteiger partial charge is 0.0223 e. The van der Waals surface area contributed by atoms with E-state index in [9.17, 15) is 0 Å². The van der Waals surface area contributed by atoms with E-state index in [0.717, 1.165) is 13.0 Å². The Morgan fingerprint density at radius 2 is 1.71 bits per heavy atom. The van der Waals surface area contributed by atoms with E-state index >= 15 is 0 Å². The zero-order valence-corrected chi connectivity index (χ0v) is 11.6. The second-order valence-corrected chi connectivity index (χ2v) is 5.20. The molecule has 0 heterocycles. The van der Waals surface area contributed by atoms with Gasteiger partial charge in [0.2, 0.25) is 0 Å². The molecule has 0 bridgehead atoms. The van der Waals surface area contributed by atoms with E-state index in [-0.39, 0.29) is 0 Å². The number of benzene rings is 1. The highest BCUT2D eigenvalue weighted by atomic mass is 15.2. The van der Waals surface area contributed by atoms with Crippen LogP contribution in [0.25, 0.3) is 0 Å². The van der Waals surface area contributed by atoms with E-state index in [1.807, 2.05) is 0 Å². The highest BCUT2D eigenvalue weighted by Crippen LogP contribution is 2.22. The van der Waals surface area contributed by atoms with Crippen LogP contribution in [0, 0.1) is 0 Å². The number of nitrogens with zero attached hydrogens (tertiary/aromatic N) is 1. The van der Waals surface area contributed by atoms with Crippen LogP contribution in [0.5, 0.6) is 0 Å². The predicted molar refractivity (Wildman–Crippen MR) is 75.2 cm³/mol. The Hall–Kier alpha value is -0.860. The molecule has 2 unspecified atom stereocenters. The monoisotopic (exact) mass is 234 g/mol. The van der Waals surface area contributed by atoms with Crippen LogP contribution in [-0.4, -0.2) is 30.6 Å². The zero-order chi connectivity index (χ0) is 12.8. The van der Waals surface area contributed by atoms with Crippen molar-refractivity contribution < 1.29 is 0 Å². The Labute approximate surface area is 106 Å². The Morgan fingerprint density at radius 3 is 2.18 bits per heavy atom. The van der Waals surface area contributed by atoms with Gasteiger partial charge in [-0.2, -0.15) is 0 Å². The third-order valence-electron chi connectivity index (χ3n) is 3.66. The zero-order valence-electron chi connectivity index (χ0n) is 11.6. The van der Waals surface area contributed by atoms with E-state index < -0.39 is 0 Å². The number of nitrogens with two attached hydrogens (primary N) is 1. The van der Waals surface area contributed by atoms with Gasteiger partial charge < -0.3 is 5.73 Å². The summed E-state index contributed by atoms with van der Waals surface area (Å²) in [6.07, 6.45) is 1.12. The molecule has 0 aliphatic rings. The number of hydrogen-bond acceptors (Lipinski definition) is 2. The standard InChI is InChI=1S/C15H26N2/c1-12(2)17(4)15(11-16)10-13(3)14-8-6-5-7-9-14/h5-9,12-13,15H,10-11,16H2,1-4H3. The van der Waals surface area contributed by atoms with Crippen LogP contribution in [0.1, 0.15) is 38.7 Å². The fourth-order valence-electron chi connectivity index (χ4n) is 2.18. The van der Waals surface area contributed by atoms with Gasteiger partial charge in [-0.25, -0.2) is 0 Å². The van der Waals surface area contributed by atoms with Crippen molar-refractivity contribution >= 4 is 0 Å². The van der Waals surface area contributed by atoms with E-state index in [2.05, 4.69) is 63.1 Å². The quantitative estimate of drug-likeness (QED) is 0.820. The van der Waals surface area contributed by atoms with E-state index in [0.29, 0.717) is 18.0 Å². The van der Waals surface area contributed by atoms with Gasteiger partial charge >= 0.3 is 0 Å². The molecule has 0 spiro atoms. The summed E-state index contributed by atoms with van der Waals surface area (Å²) in [7, 11) is 2.17. The van der Waals surface area contributed by atoms with Crippen molar-refractivity contribution in [1.29, 1.82) is 0 Å². The molecule has 2 atom stereocenters. The first kappa shape index (κ1) is 14.2. The summed E-state index contributed by atoms with van der Waals surface area (Å²) in [5.74, 6) is 0.561. The lowest BCUT2D eigenvalue weighted by atomic mass is 9.93. The largest absolute Gasteiger partial charge is 0.329 e. The fraction of sp³-hybridized carbons (Fsp3) is 0.600. The lowest BCUT2D eigenvalue weighted by Crippen LogP contribution is -2.42. The molecule has 2 nitrogen and oxygen atoms in total. The normalized spacial score (nSPS) is 15.2. The van der Waals surface area contributed by atoms with Crippen LogP contribution in [0.4, 0.5) is 0 Å². The Bertz CT molecular complexity index is 308. The van der Waals surface area contributed by atoms with Crippen LogP contribution < -0.4 is 5.73 Å². The van der Waals surface area contributed by atoms with Gasteiger partial charge in [0.05, 0.1) is 0 Å². The van der Waals surface area contributed by atoms with Crippen molar-refractivity contribution in [3.63, 3.8) is 0 Å². The van der Waals surface area contributed by atoms with Gasteiger partial charge in [-0.3, -0.25) is 4.90 Å². The maximum absolute atomic E-state index is 5.90. The number of hydrogen-bond donors (Lipinski definition) is 1. The van der Waals surface area contributed by atoms with Gasteiger partial charge in [0.15, 0.2) is 0 Å². The van der Waals surface area contributed by atoms with E-state index in [1.165, 1.54) is 5.56 Å². The number of rotatable bonds is 6. The minimum atomic E-state index is 0.463. The average molecular weight is 234 g/mol. The van der Waals surface area contributed by atoms with Crippen molar-refractivity contribution in [2.45, 2.75) is 45.2 Å². The van der Waals surface area contributed by atoms with Crippen molar-refractivity contribution in [2.24, 2.45) is 5.73 Å². The summed E-state index contributed by atoms with van der Waals surface area (Å²) in [6, 6.07) is 11.7. The van der Waals surface area contributed by atoms with Crippen LogP contribution in [0.3, 0.4) is 0 Å². The molecule has 2 heteroatoms. The highest BCUT2D eigenvalue weighted by Gasteiger charge is 2.19. The molecule has 1 aromatic rings. The first-order valence-corrected chi connectivity index (χ1v) is 6.53. The maximum Gasteiger partial charge on any atom is 0.0223 e.